The van der Waals surface area contributed by atoms with E-state index in [2.05, 4.69) is 4.98 Å². The van der Waals surface area contributed by atoms with Gasteiger partial charge in [-0.25, -0.2) is 4.98 Å². The van der Waals surface area contributed by atoms with E-state index >= 15 is 0 Å². The van der Waals surface area contributed by atoms with Crippen molar-refractivity contribution >= 4 is 5.69 Å². The number of aromatic nitrogens is 1. The zero-order valence-electron chi connectivity index (χ0n) is 8.31. The van der Waals surface area contributed by atoms with E-state index in [9.17, 15) is 0 Å². The van der Waals surface area contributed by atoms with Gasteiger partial charge in [-0.2, -0.15) is 5.26 Å². The Kier molecular flexibility index (Phi) is 3.43. The topological polar surface area (TPSA) is 60.1 Å². The first-order valence-corrected chi connectivity index (χ1v) is 4.39. The Hall–Kier alpha value is -1.60. The number of nitriles is 1. The van der Waals surface area contributed by atoms with Crippen LogP contribution >= 0.6 is 0 Å². The number of hydrogen-bond donors (Lipinski definition) is 1. The van der Waals surface area contributed by atoms with Crippen molar-refractivity contribution < 1.29 is 5.11 Å². The maximum Gasteiger partial charge on any atom is 0.140 e. The lowest BCUT2D eigenvalue weighted by Crippen LogP contribution is -2.31. The third-order valence-electron chi connectivity index (χ3n) is 2.20. The van der Waals surface area contributed by atoms with E-state index in [1.807, 2.05) is 31.0 Å². The van der Waals surface area contributed by atoms with E-state index in [4.69, 9.17) is 10.4 Å². The Morgan fingerprint density at radius 2 is 2.36 bits per heavy atom. The van der Waals surface area contributed by atoms with Gasteiger partial charge in [0.2, 0.25) is 0 Å². The minimum Gasteiger partial charge on any atom is -0.394 e. The molecule has 14 heavy (non-hydrogen) atoms. The summed E-state index contributed by atoms with van der Waals surface area (Å²) < 4.78 is 0. The third kappa shape index (κ3) is 2.21. The highest BCUT2D eigenvalue weighted by Gasteiger charge is 2.08. The summed E-state index contributed by atoms with van der Waals surface area (Å²) in [5.74, 6) is 0. The second kappa shape index (κ2) is 4.58. The second-order valence-corrected chi connectivity index (χ2v) is 3.16. The molecule has 4 heteroatoms. The molecule has 0 radical (unpaired) electrons. The van der Waals surface area contributed by atoms with Crippen LogP contribution in [0.1, 0.15) is 12.6 Å². The Labute approximate surface area is 83.4 Å². The van der Waals surface area contributed by atoms with Gasteiger partial charge in [-0.3, -0.25) is 0 Å². The average Bonchev–Trinajstić information content (AvgIpc) is 2.27. The van der Waals surface area contributed by atoms with Gasteiger partial charge in [0.05, 0.1) is 18.5 Å². The molecule has 0 aliphatic rings. The molecule has 1 heterocycles. The molecule has 0 saturated carbocycles. The van der Waals surface area contributed by atoms with Crippen LogP contribution in [0.25, 0.3) is 0 Å². The van der Waals surface area contributed by atoms with Crippen molar-refractivity contribution in [1.29, 1.82) is 5.26 Å². The summed E-state index contributed by atoms with van der Waals surface area (Å²) >= 11 is 0. The summed E-state index contributed by atoms with van der Waals surface area (Å²) in [4.78, 5) is 5.86. The van der Waals surface area contributed by atoms with Gasteiger partial charge in [0, 0.05) is 13.1 Å². The highest BCUT2D eigenvalue weighted by Crippen LogP contribution is 2.13. The fraction of sp³-hybridized carbons (Fsp3) is 0.400. The van der Waals surface area contributed by atoms with Crippen LogP contribution in [0.4, 0.5) is 5.69 Å². The first kappa shape index (κ1) is 10.5. The molecule has 0 spiro atoms. The summed E-state index contributed by atoms with van der Waals surface area (Å²) in [6.45, 7) is 2.01. The highest BCUT2D eigenvalue weighted by molar-refractivity contribution is 5.45. The van der Waals surface area contributed by atoms with Crippen molar-refractivity contribution in [3.8, 4) is 6.07 Å². The molecule has 1 rings (SSSR count). The summed E-state index contributed by atoms with van der Waals surface area (Å²) in [7, 11) is 1.88. The summed E-state index contributed by atoms with van der Waals surface area (Å²) in [5, 5.41) is 17.5. The molecule has 0 bridgehead atoms. The lowest BCUT2D eigenvalue weighted by molar-refractivity contribution is 0.270. The van der Waals surface area contributed by atoms with Crippen LogP contribution < -0.4 is 4.90 Å². The highest BCUT2D eigenvalue weighted by atomic mass is 16.3. The quantitative estimate of drug-likeness (QED) is 0.766. The zero-order chi connectivity index (χ0) is 10.6. The molecule has 1 unspecified atom stereocenters. The minimum atomic E-state index is 0.0461. The SMILES string of the molecule is CC(CO)N(C)c1ccc(C#N)nc1. The molecule has 1 atom stereocenters. The smallest absolute Gasteiger partial charge is 0.140 e. The lowest BCUT2D eigenvalue weighted by atomic mass is 10.2. The maximum absolute atomic E-state index is 8.95. The van der Waals surface area contributed by atoms with Gasteiger partial charge < -0.3 is 10.0 Å². The normalized spacial score (nSPS) is 11.9. The van der Waals surface area contributed by atoms with Gasteiger partial charge in [0.25, 0.3) is 0 Å². The van der Waals surface area contributed by atoms with Crippen LogP contribution in [-0.4, -0.2) is 29.8 Å². The molecule has 1 N–H and O–H groups in total. The lowest BCUT2D eigenvalue weighted by Gasteiger charge is -2.24. The first-order valence-electron chi connectivity index (χ1n) is 4.39. The van der Waals surface area contributed by atoms with E-state index in [1.165, 1.54) is 0 Å². The number of anilines is 1. The Morgan fingerprint density at radius 1 is 1.64 bits per heavy atom. The molecule has 1 aromatic rings. The molecule has 0 saturated heterocycles. The number of hydrogen-bond acceptors (Lipinski definition) is 4. The van der Waals surface area contributed by atoms with E-state index in [1.54, 1.807) is 12.3 Å². The second-order valence-electron chi connectivity index (χ2n) is 3.16. The fourth-order valence-electron chi connectivity index (χ4n) is 1.04. The predicted octanol–water partition coefficient (Wildman–Crippen LogP) is 0.770. The van der Waals surface area contributed by atoms with E-state index in [0.29, 0.717) is 5.69 Å². The van der Waals surface area contributed by atoms with Crippen molar-refractivity contribution in [2.24, 2.45) is 0 Å². The van der Waals surface area contributed by atoms with Crippen molar-refractivity contribution in [2.45, 2.75) is 13.0 Å². The molecule has 0 fully saturated rings. The number of nitrogens with zero attached hydrogens (tertiary/aromatic N) is 3. The van der Waals surface area contributed by atoms with Gasteiger partial charge in [-0.05, 0) is 19.1 Å². The maximum atomic E-state index is 8.95. The molecule has 0 amide bonds. The van der Waals surface area contributed by atoms with Crippen LogP contribution in [0.15, 0.2) is 18.3 Å². The van der Waals surface area contributed by atoms with Crippen molar-refractivity contribution in [3.05, 3.63) is 24.0 Å². The monoisotopic (exact) mass is 191 g/mol. The molecular formula is C10H13N3O. The van der Waals surface area contributed by atoms with Crippen LogP contribution in [0, 0.1) is 11.3 Å². The summed E-state index contributed by atoms with van der Waals surface area (Å²) in [6, 6.07) is 5.48. The fourth-order valence-corrected chi connectivity index (χ4v) is 1.04. The number of rotatable bonds is 3. The average molecular weight is 191 g/mol. The van der Waals surface area contributed by atoms with E-state index in [0.717, 1.165) is 5.69 Å². The summed E-state index contributed by atoms with van der Waals surface area (Å²) in [5.41, 5.74) is 1.30. The Morgan fingerprint density at radius 3 is 2.79 bits per heavy atom. The molecule has 74 valence electrons. The zero-order valence-corrected chi connectivity index (χ0v) is 8.31. The molecule has 0 aromatic carbocycles. The number of likely N-dealkylation sites (N-methyl/N-ethyl adjacent to an activating group) is 1. The number of aliphatic hydroxyl groups is 1. The third-order valence-corrected chi connectivity index (χ3v) is 2.20. The van der Waals surface area contributed by atoms with Crippen molar-refractivity contribution in [2.75, 3.05) is 18.6 Å². The van der Waals surface area contributed by atoms with E-state index < -0.39 is 0 Å². The van der Waals surface area contributed by atoms with Gasteiger partial charge in [-0.15, -0.1) is 0 Å². The van der Waals surface area contributed by atoms with Gasteiger partial charge >= 0.3 is 0 Å². The van der Waals surface area contributed by atoms with Gasteiger partial charge in [-0.1, -0.05) is 0 Å². The Bertz CT molecular complexity index is 328. The molecule has 1 aromatic heterocycles. The van der Waals surface area contributed by atoms with Crippen LogP contribution in [0.3, 0.4) is 0 Å². The van der Waals surface area contributed by atoms with Crippen LogP contribution in [0.5, 0.6) is 0 Å². The Balaban J connectivity index is 2.82. The summed E-state index contributed by atoms with van der Waals surface area (Å²) in [6.07, 6.45) is 1.63. The largest absolute Gasteiger partial charge is 0.394 e. The van der Waals surface area contributed by atoms with Crippen molar-refractivity contribution in [1.82, 2.24) is 4.98 Å². The van der Waals surface area contributed by atoms with Crippen LogP contribution in [0.2, 0.25) is 0 Å². The van der Waals surface area contributed by atoms with Gasteiger partial charge in [0.15, 0.2) is 0 Å². The van der Waals surface area contributed by atoms with Crippen molar-refractivity contribution in [3.63, 3.8) is 0 Å². The standard InChI is InChI=1S/C10H13N3O/c1-8(7-14)13(2)10-4-3-9(5-11)12-6-10/h3-4,6,8,14H,7H2,1-2H3. The number of aliphatic hydroxyl groups excluding tert-OH is 1. The van der Waals surface area contributed by atoms with Crippen LogP contribution in [-0.2, 0) is 0 Å². The predicted molar refractivity (Wildman–Crippen MR) is 53.9 cm³/mol. The molecule has 0 aliphatic carbocycles. The molecule has 0 aliphatic heterocycles. The minimum absolute atomic E-state index is 0.0461. The molecular weight excluding hydrogens is 178 g/mol. The van der Waals surface area contributed by atoms with E-state index in [-0.39, 0.29) is 12.6 Å². The number of pyridine rings is 1. The first-order chi connectivity index (χ1) is 6.69. The van der Waals surface area contributed by atoms with Gasteiger partial charge in [0.1, 0.15) is 11.8 Å². The molecule has 4 nitrogen and oxygen atoms in total.